The van der Waals surface area contributed by atoms with Crippen molar-refractivity contribution in [1.29, 1.82) is 0 Å². The Morgan fingerprint density at radius 2 is 1.10 bits per heavy atom. The van der Waals surface area contributed by atoms with E-state index in [2.05, 4.69) is 0 Å². The van der Waals surface area contributed by atoms with Crippen LogP contribution in [0.15, 0.2) is 22.3 Å². The van der Waals surface area contributed by atoms with Crippen molar-refractivity contribution in [3.8, 4) is 0 Å². The molecule has 0 radical (unpaired) electrons. The van der Waals surface area contributed by atoms with Gasteiger partial charge >= 0.3 is 11.9 Å². The van der Waals surface area contributed by atoms with Crippen LogP contribution in [0.5, 0.6) is 0 Å². The van der Waals surface area contributed by atoms with Crippen molar-refractivity contribution in [2.45, 2.75) is 39.5 Å². The van der Waals surface area contributed by atoms with Crippen LogP contribution < -0.4 is 0 Å². The topological polar surface area (TPSA) is 109 Å². The highest BCUT2D eigenvalue weighted by Crippen LogP contribution is 2.29. The lowest BCUT2D eigenvalue weighted by molar-refractivity contribution is -0.138. The number of rotatable bonds is 6. The number of ketones is 2. The van der Waals surface area contributed by atoms with E-state index in [-0.39, 0.29) is 48.4 Å². The van der Waals surface area contributed by atoms with Gasteiger partial charge in [-0.2, -0.15) is 0 Å². The maximum absolute atomic E-state index is 12.1. The van der Waals surface area contributed by atoms with Gasteiger partial charge in [0, 0.05) is 35.1 Å². The fraction of sp³-hybridized carbons (Fsp3) is 0.429. The largest absolute Gasteiger partial charge is 0.481 e. The molecule has 0 aromatic carbocycles. The molecular weight excluding hydrogens is 264 g/mol. The van der Waals surface area contributed by atoms with Crippen LogP contribution in [0.3, 0.4) is 0 Å². The van der Waals surface area contributed by atoms with Crippen molar-refractivity contribution in [2.75, 3.05) is 0 Å². The monoisotopic (exact) mass is 280 g/mol. The summed E-state index contributed by atoms with van der Waals surface area (Å²) >= 11 is 0. The molecule has 6 nitrogen and oxygen atoms in total. The minimum absolute atomic E-state index is 0.0561. The minimum Gasteiger partial charge on any atom is -0.481 e. The minimum atomic E-state index is -1.07. The zero-order valence-corrected chi connectivity index (χ0v) is 11.4. The van der Waals surface area contributed by atoms with Crippen LogP contribution in [0.2, 0.25) is 0 Å². The molecule has 0 bridgehead atoms. The summed E-state index contributed by atoms with van der Waals surface area (Å²) < 4.78 is 0. The van der Waals surface area contributed by atoms with Crippen molar-refractivity contribution in [3.63, 3.8) is 0 Å². The summed E-state index contributed by atoms with van der Waals surface area (Å²) in [5, 5.41) is 17.4. The number of Topliss-reactive ketones (excluding diaryl/α,β-unsaturated/α-hetero) is 2. The van der Waals surface area contributed by atoms with Gasteiger partial charge in [0.2, 0.25) is 0 Å². The Hall–Kier alpha value is -2.24. The molecule has 0 aromatic heterocycles. The second-order valence-electron chi connectivity index (χ2n) is 4.65. The van der Waals surface area contributed by atoms with Crippen molar-refractivity contribution in [1.82, 2.24) is 0 Å². The molecule has 0 aromatic rings. The molecule has 0 atom stereocenters. The highest BCUT2D eigenvalue weighted by atomic mass is 16.4. The van der Waals surface area contributed by atoms with E-state index in [0.717, 1.165) is 0 Å². The van der Waals surface area contributed by atoms with E-state index < -0.39 is 11.9 Å². The molecule has 2 N–H and O–H groups in total. The van der Waals surface area contributed by atoms with Crippen molar-refractivity contribution < 1.29 is 29.4 Å². The summed E-state index contributed by atoms with van der Waals surface area (Å²) in [5.41, 5.74) is 0.882. The van der Waals surface area contributed by atoms with E-state index in [1.807, 2.05) is 0 Å². The summed E-state index contributed by atoms with van der Waals surface area (Å²) in [4.78, 5) is 45.5. The molecule has 0 heterocycles. The molecule has 20 heavy (non-hydrogen) atoms. The van der Waals surface area contributed by atoms with Crippen LogP contribution in [0.4, 0.5) is 0 Å². The summed E-state index contributed by atoms with van der Waals surface area (Å²) in [6.45, 7) is 3.04. The van der Waals surface area contributed by atoms with E-state index >= 15 is 0 Å². The third-order valence-electron chi connectivity index (χ3n) is 3.33. The highest BCUT2D eigenvalue weighted by molar-refractivity contribution is 6.24. The molecule has 0 saturated carbocycles. The van der Waals surface area contributed by atoms with E-state index in [1.165, 1.54) is 13.8 Å². The average molecular weight is 280 g/mol. The van der Waals surface area contributed by atoms with E-state index in [1.54, 1.807) is 0 Å². The van der Waals surface area contributed by atoms with Crippen molar-refractivity contribution >= 4 is 23.5 Å². The van der Waals surface area contributed by atoms with E-state index in [4.69, 9.17) is 10.2 Å². The standard InChI is InChI=1S/C14H16O6/c1-7-8(2)14(20)10(4-6-12(17)18)9(13(7)19)3-5-11(15)16/h3-6H2,1-2H3,(H,15,16)(H,17,18). The second-order valence-corrected chi connectivity index (χ2v) is 4.65. The van der Waals surface area contributed by atoms with Gasteiger partial charge in [-0.25, -0.2) is 0 Å². The molecule has 0 fully saturated rings. The number of allylic oxidation sites excluding steroid dienone is 4. The first-order chi connectivity index (χ1) is 9.25. The van der Waals surface area contributed by atoms with E-state index in [0.29, 0.717) is 11.1 Å². The Labute approximate surface area is 115 Å². The fourth-order valence-electron chi connectivity index (χ4n) is 2.06. The fourth-order valence-corrected chi connectivity index (χ4v) is 2.06. The maximum atomic E-state index is 12.1. The lowest BCUT2D eigenvalue weighted by atomic mass is 9.81. The van der Waals surface area contributed by atoms with E-state index in [9.17, 15) is 19.2 Å². The van der Waals surface area contributed by atoms with Gasteiger partial charge in [-0.3, -0.25) is 19.2 Å². The van der Waals surface area contributed by atoms with Crippen LogP contribution in [0.25, 0.3) is 0 Å². The molecular formula is C14H16O6. The Morgan fingerprint density at radius 1 is 0.800 bits per heavy atom. The maximum Gasteiger partial charge on any atom is 0.303 e. The Bertz CT molecular complexity index is 502. The first kappa shape index (κ1) is 15.8. The number of hydrogen-bond acceptors (Lipinski definition) is 4. The number of aliphatic carboxylic acids is 2. The molecule has 0 aliphatic heterocycles. The smallest absolute Gasteiger partial charge is 0.303 e. The third kappa shape index (κ3) is 3.40. The van der Waals surface area contributed by atoms with Gasteiger partial charge in [0.1, 0.15) is 0 Å². The predicted molar refractivity (Wildman–Crippen MR) is 69.2 cm³/mol. The molecule has 6 heteroatoms. The molecule has 0 unspecified atom stereocenters. The normalized spacial score (nSPS) is 15.9. The van der Waals surface area contributed by atoms with Crippen LogP contribution in [-0.4, -0.2) is 33.7 Å². The van der Waals surface area contributed by atoms with Gasteiger partial charge in [0.15, 0.2) is 11.6 Å². The van der Waals surface area contributed by atoms with Crippen molar-refractivity contribution in [3.05, 3.63) is 22.3 Å². The Morgan fingerprint density at radius 3 is 1.35 bits per heavy atom. The molecule has 0 amide bonds. The van der Waals surface area contributed by atoms with Gasteiger partial charge in [-0.15, -0.1) is 0 Å². The summed E-state index contributed by atoms with van der Waals surface area (Å²) in [6.07, 6.45) is -0.645. The Balaban J connectivity index is 3.14. The SMILES string of the molecule is CC1=C(C)C(=O)C(CCC(=O)O)=C(CCC(=O)O)C1=O. The van der Waals surface area contributed by atoms with Gasteiger partial charge in [-0.1, -0.05) is 0 Å². The van der Waals surface area contributed by atoms with Crippen LogP contribution >= 0.6 is 0 Å². The van der Waals surface area contributed by atoms with Crippen LogP contribution in [-0.2, 0) is 19.2 Å². The Kier molecular flexibility index (Phi) is 4.96. The number of carboxylic acid groups (broad SMARTS) is 2. The zero-order valence-electron chi connectivity index (χ0n) is 11.4. The highest BCUT2D eigenvalue weighted by Gasteiger charge is 2.30. The predicted octanol–water partition coefficient (Wildman–Crippen LogP) is 1.50. The number of carbonyl (C=O) groups is 4. The molecule has 108 valence electrons. The number of hydrogen-bond donors (Lipinski definition) is 2. The number of carboxylic acids is 2. The first-order valence-corrected chi connectivity index (χ1v) is 6.18. The lowest BCUT2D eigenvalue weighted by Crippen LogP contribution is -2.23. The summed E-state index contributed by atoms with van der Waals surface area (Å²) in [5.74, 6) is -2.86. The molecule has 1 aliphatic carbocycles. The van der Waals surface area contributed by atoms with Gasteiger partial charge < -0.3 is 10.2 Å². The summed E-state index contributed by atoms with van der Waals surface area (Å²) in [6, 6.07) is 0. The summed E-state index contributed by atoms with van der Waals surface area (Å²) in [7, 11) is 0. The molecule has 1 aliphatic rings. The van der Waals surface area contributed by atoms with Crippen LogP contribution in [0.1, 0.15) is 39.5 Å². The lowest BCUT2D eigenvalue weighted by Gasteiger charge is -2.20. The van der Waals surface area contributed by atoms with Gasteiger partial charge in [0.05, 0.1) is 0 Å². The third-order valence-corrected chi connectivity index (χ3v) is 3.33. The van der Waals surface area contributed by atoms with Gasteiger partial charge in [-0.05, 0) is 26.7 Å². The molecule has 0 saturated heterocycles. The molecule has 0 spiro atoms. The number of carbonyl (C=O) groups excluding carboxylic acids is 2. The second kappa shape index (κ2) is 6.27. The molecule has 1 rings (SSSR count). The van der Waals surface area contributed by atoms with Gasteiger partial charge in [0.25, 0.3) is 0 Å². The average Bonchev–Trinajstić information content (AvgIpc) is 2.37. The quantitative estimate of drug-likeness (QED) is 0.714. The zero-order chi connectivity index (χ0) is 15.4. The first-order valence-electron chi connectivity index (χ1n) is 6.18. The van der Waals surface area contributed by atoms with Crippen molar-refractivity contribution in [2.24, 2.45) is 0 Å². The van der Waals surface area contributed by atoms with Crippen LogP contribution in [0, 0.1) is 0 Å².